The van der Waals surface area contributed by atoms with Crippen LogP contribution in [-0.4, -0.2) is 40.8 Å². The number of hydrogen-bond donors (Lipinski definition) is 2. The summed E-state index contributed by atoms with van der Waals surface area (Å²) in [6, 6.07) is 15.1. The standard InChI is InChI=1S/C29H34N4O3S/c1-5-9-20-10-8-11-21(16-20)27-26-22(19-33(25(26)13-15-34)37(36)29(2,3)4)17-24(32-27)28(35)31-18-23-12-6-7-14-30-23/h5-12,14,16-17,25,34H,13,15,18-19H2,1-4H3,(H,31,35)/t25-,37-/m0/s1. The number of nitrogens with zero attached hydrogens (tertiary/aromatic N) is 3. The second-order valence-electron chi connectivity index (χ2n) is 10.0. The van der Waals surface area contributed by atoms with Gasteiger partial charge in [0.2, 0.25) is 0 Å². The van der Waals surface area contributed by atoms with Gasteiger partial charge >= 0.3 is 0 Å². The van der Waals surface area contributed by atoms with Crippen molar-refractivity contribution in [1.29, 1.82) is 0 Å². The Morgan fingerprint density at radius 1 is 1.22 bits per heavy atom. The zero-order valence-corrected chi connectivity index (χ0v) is 22.6. The molecule has 1 aliphatic rings. The smallest absolute Gasteiger partial charge is 0.270 e. The Bertz CT molecular complexity index is 1320. The van der Waals surface area contributed by atoms with E-state index in [-0.39, 0.29) is 25.1 Å². The molecule has 2 atom stereocenters. The minimum Gasteiger partial charge on any atom is -0.396 e. The van der Waals surface area contributed by atoms with Gasteiger partial charge in [0.25, 0.3) is 5.91 Å². The molecular formula is C29H34N4O3S. The SMILES string of the molecule is CC=Cc1cccc(-c2nc(C(=O)NCc3ccccn3)cc3c2[C@H](CCO)N([S@@](=O)C(C)(C)C)C3)c1. The van der Waals surface area contributed by atoms with E-state index in [1.165, 1.54) is 0 Å². The van der Waals surface area contributed by atoms with Gasteiger partial charge in [-0.2, -0.15) is 0 Å². The lowest BCUT2D eigenvalue weighted by molar-refractivity contribution is 0.0945. The number of aliphatic hydroxyl groups is 1. The molecule has 0 radical (unpaired) electrons. The van der Waals surface area contributed by atoms with Crippen LogP contribution in [0.25, 0.3) is 17.3 Å². The van der Waals surface area contributed by atoms with E-state index >= 15 is 0 Å². The Morgan fingerprint density at radius 2 is 2.03 bits per heavy atom. The Morgan fingerprint density at radius 3 is 2.70 bits per heavy atom. The van der Waals surface area contributed by atoms with Crippen LogP contribution in [0.4, 0.5) is 0 Å². The summed E-state index contributed by atoms with van der Waals surface area (Å²) in [6.45, 7) is 8.44. The fourth-order valence-electron chi connectivity index (χ4n) is 4.55. The van der Waals surface area contributed by atoms with E-state index in [0.29, 0.717) is 24.4 Å². The summed E-state index contributed by atoms with van der Waals surface area (Å²) in [5, 5.41) is 12.8. The van der Waals surface area contributed by atoms with Crippen LogP contribution in [-0.2, 0) is 24.1 Å². The first-order valence-electron chi connectivity index (χ1n) is 12.5. The van der Waals surface area contributed by atoms with E-state index in [0.717, 1.165) is 27.9 Å². The van der Waals surface area contributed by atoms with Crippen molar-refractivity contribution in [2.75, 3.05) is 6.61 Å². The Balaban J connectivity index is 1.80. The fourth-order valence-corrected chi connectivity index (χ4v) is 5.95. The van der Waals surface area contributed by atoms with Gasteiger partial charge in [-0.1, -0.05) is 36.4 Å². The van der Waals surface area contributed by atoms with Crippen molar-refractivity contribution in [3.63, 3.8) is 0 Å². The summed E-state index contributed by atoms with van der Waals surface area (Å²) in [4.78, 5) is 22.4. The molecule has 0 saturated heterocycles. The number of nitrogens with one attached hydrogen (secondary N) is 1. The molecule has 0 saturated carbocycles. The highest BCUT2D eigenvalue weighted by molar-refractivity contribution is 7.84. The molecule has 7 nitrogen and oxygen atoms in total. The van der Waals surface area contributed by atoms with E-state index in [1.54, 1.807) is 12.3 Å². The van der Waals surface area contributed by atoms with E-state index in [2.05, 4.69) is 10.3 Å². The lowest BCUT2D eigenvalue weighted by Crippen LogP contribution is -2.36. The predicted molar refractivity (Wildman–Crippen MR) is 148 cm³/mol. The number of hydrogen-bond acceptors (Lipinski definition) is 5. The van der Waals surface area contributed by atoms with Crippen molar-refractivity contribution in [2.45, 2.75) is 58.0 Å². The molecule has 194 valence electrons. The van der Waals surface area contributed by atoms with Crippen molar-refractivity contribution in [2.24, 2.45) is 0 Å². The Kier molecular flexibility index (Phi) is 8.32. The number of carbonyl (C=O) groups excluding carboxylic acids is 1. The molecule has 0 fully saturated rings. The lowest BCUT2D eigenvalue weighted by Gasteiger charge is -2.30. The summed E-state index contributed by atoms with van der Waals surface area (Å²) in [5.74, 6) is -0.298. The first kappa shape index (κ1) is 26.9. The van der Waals surface area contributed by atoms with E-state index in [4.69, 9.17) is 4.98 Å². The van der Waals surface area contributed by atoms with Gasteiger partial charge in [-0.3, -0.25) is 9.78 Å². The van der Waals surface area contributed by atoms with Crippen LogP contribution in [0, 0.1) is 0 Å². The van der Waals surface area contributed by atoms with Crippen LogP contribution in [0.3, 0.4) is 0 Å². The number of rotatable bonds is 8. The average molecular weight is 519 g/mol. The van der Waals surface area contributed by atoms with Crippen molar-refractivity contribution < 1.29 is 14.1 Å². The molecule has 0 spiro atoms. The molecule has 8 heteroatoms. The number of fused-ring (bicyclic) bond motifs is 1. The van der Waals surface area contributed by atoms with Gasteiger partial charge in [0.1, 0.15) is 16.7 Å². The van der Waals surface area contributed by atoms with Crippen LogP contribution in [0.5, 0.6) is 0 Å². The molecule has 0 unspecified atom stereocenters. The van der Waals surface area contributed by atoms with Crippen molar-refractivity contribution >= 4 is 23.0 Å². The summed E-state index contributed by atoms with van der Waals surface area (Å²) in [7, 11) is -1.31. The molecule has 1 aliphatic heterocycles. The minimum atomic E-state index is -1.31. The average Bonchev–Trinajstić information content (AvgIpc) is 3.25. The molecule has 1 aromatic carbocycles. The van der Waals surface area contributed by atoms with Crippen LogP contribution < -0.4 is 5.32 Å². The molecule has 2 aromatic heterocycles. The first-order valence-corrected chi connectivity index (χ1v) is 13.6. The highest BCUT2D eigenvalue weighted by Crippen LogP contribution is 2.44. The van der Waals surface area contributed by atoms with Gasteiger partial charge < -0.3 is 10.4 Å². The highest BCUT2D eigenvalue weighted by Gasteiger charge is 2.40. The molecule has 4 rings (SSSR count). The Hall–Kier alpha value is -3.20. The molecule has 2 N–H and O–H groups in total. The number of pyridine rings is 2. The summed E-state index contributed by atoms with van der Waals surface area (Å²) in [5.41, 5.74) is 5.45. The van der Waals surface area contributed by atoms with Crippen molar-refractivity contribution in [1.82, 2.24) is 19.6 Å². The number of aromatic nitrogens is 2. The summed E-state index contributed by atoms with van der Waals surface area (Å²) in [6.07, 6.45) is 6.10. The molecule has 3 heterocycles. The third kappa shape index (κ3) is 6.04. The minimum absolute atomic E-state index is 0.0493. The molecule has 37 heavy (non-hydrogen) atoms. The highest BCUT2D eigenvalue weighted by atomic mass is 32.2. The molecule has 3 aromatic rings. The monoisotopic (exact) mass is 518 g/mol. The molecule has 0 bridgehead atoms. The molecule has 1 amide bonds. The maximum atomic E-state index is 13.5. The molecular weight excluding hydrogens is 484 g/mol. The number of allylic oxidation sites excluding steroid dienone is 1. The lowest BCUT2D eigenvalue weighted by atomic mass is 9.95. The third-order valence-corrected chi connectivity index (χ3v) is 8.06. The van der Waals surface area contributed by atoms with Crippen molar-refractivity contribution in [3.05, 3.63) is 88.9 Å². The second kappa shape index (κ2) is 11.5. The zero-order chi connectivity index (χ0) is 26.6. The van der Waals surface area contributed by atoms with Crippen LogP contribution in [0.1, 0.15) is 73.0 Å². The van der Waals surface area contributed by atoms with Gasteiger partial charge in [0, 0.05) is 30.5 Å². The number of benzene rings is 1. The fraction of sp³-hybridized carbons (Fsp3) is 0.345. The normalized spacial score (nSPS) is 16.6. The number of carbonyl (C=O) groups is 1. The van der Waals surface area contributed by atoms with Gasteiger partial charge in [-0.25, -0.2) is 13.5 Å². The van der Waals surface area contributed by atoms with Crippen LogP contribution >= 0.6 is 0 Å². The van der Waals surface area contributed by atoms with Gasteiger partial charge in [-0.15, -0.1) is 0 Å². The van der Waals surface area contributed by atoms with Crippen molar-refractivity contribution in [3.8, 4) is 11.3 Å². The first-order chi connectivity index (χ1) is 17.7. The maximum absolute atomic E-state index is 13.5. The summed E-state index contributed by atoms with van der Waals surface area (Å²) < 4.78 is 15.0. The maximum Gasteiger partial charge on any atom is 0.270 e. The Labute approximate surface area is 221 Å². The zero-order valence-electron chi connectivity index (χ0n) is 21.8. The van der Waals surface area contributed by atoms with Gasteiger partial charge in [0.05, 0.1) is 28.7 Å². The van der Waals surface area contributed by atoms with E-state index in [1.807, 2.05) is 86.6 Å². The largest absolute Gasteiger partial charge is 0.396 e. The molecule has 0 aliphatic carbocycles. The quantitative estimate of drug-likeness (QED) is 0.446. The predicted octanol–water partition coefficient (Wildman–Crippen LogP) is 4.81. The van der Waals surface area contributed by atoms with Crippen LogP contribution in [0.2, 0.25) is 0 Å². The van der Waals surface area contributed by atoms with E-state index < -0.39 is 15.7 Å². The van der Waals surface area contributed by atoms with Gasteiger partial charge in [0.15, 0.2) is 0 Å². The van der Waals surface area contributed by atoms with Crippen LogP contribution in [0.15, 0.2) is 60.8 Å². The topological polar surface area (TPSA) is 95.4 Å². The number of amides is 1. The third-order valence-electron chi connectivity index (χ3n) is 6.20. The summed E-state index contributed by atoms with van der Waals surface area (Å²) >= 11 is 0. The van der Waals surface area contributed by atoms with E-state index in [9.17, 15) is 14.1 Å². The van der Waals surface area contributed by atoms with Gasteiger partial charge in [-0.05, 0) is 69.5 Å². The number of aliphatic hydroxyl groups excluding tert-OH is 1. The second-order valence-corrected chi connectivity index (χ2v) is 12.2.